The third-order valence-corrected chi connectivity index (χ3v) is 4.93. The molecule has 5 nitrogen and oxygen atoms in total. The third-order valence-electron chi connectivity index (χ3n) is 4.93. The fraction of sp³-hybridized carbons (Fsp3) is 0.0800. The van der Waals surface area contributed by atoms with Gasteiger partial charge in [0, 0.05) is 5.39 Å². The molecule has 0 atom stereocenters. The van der Waals surface area contributed by atoms with E-state index in [0.717, 1.165) is 22.3 Å². The Morgan fingerprint density at radius 1 is 0.667 bits per heavy atom. The molecule has 0 saturated heterocycles. The molecule has 0 unspecified atom stereocenters. The third kappa shape index (κ3) is 3.65. The second kappa shape index (κ2) is 8.17. The summed E-state index contributed by atoms with van der Waals surface area (Å²) in [5, 5.41) is 0.610. The normalized spacial score (nSPS) is 10.6. The number of fused-ring (bicyclic) bond motifs is 1. The van der Waals surface area contributed by atoms with Crippen LogP contribution in [-0.4, -0.2) is 31.1 Å². The highest BCUT2D eigenvalue weighted by Gasteiger charge is 2.18. The minimum absolute atomic E-state index is 0.0605. The van der Waals surface area contributed by atoms with Crippen LogP contribution >= 0.6 is 0 Å². The van der Waals surface area contributed by atoms with Gasteiger partial charge in [-0.2, -0.15) is 0 Å². The summed E-state index contributed by atoms with van der Waals surface area (Å²) in [6, 6.07) is 25.3. The minimum atomic E-state index is -0.609. The maximum Gasteiger partial charge on any atom is 0.356 e. The number of carbonyl (C=O) groups excluding carboxylic acids is 2. The van der Waals surface area contributed by atoms with Gasteiger partial charge in [-0.1, -0.05) is 60.7 Å². The summed E-state index contributed by atoms with van der Waals surface area (Å²) in [5.41, 5.74) is 5.05. The maximum absolute atomic E-state index is 12.3. The summed E-state index contributed by atoms with van der Waals surface area (Å²) >= 11 is 0. The zero-order chi connectivity index (χ0) is 21.1. The van der Waals surface area contributed by atoms with Crippen molar-refractivity contribution in [2.75, 3.05) is 14.2 Å². The van der Waals surface area contributed by atoms with E-state index in [2.05, 4.69) is 29.2 Å². The van der Waals surface area contributed by atoms with Crippen molar-refractivity contribution in [1.29, 1.82) is 0 Å². The van der Waals surface area contributed by atoms with E-state index in [9.17, 15) is 9.59 Å². The highest BCUT2D eigenvalue weighted by molar-refractivity contribution is 6.06. The molecule has 4 rings (SSSR count). The van der Waals surface area contributed by atoms with Crippen LogP contribution < -0.4 is 0 Å². The lowest BCUT2D eigenvalue weighted by Gasteiger charge is -2.10. The van der Waals surface area contributed by atoms with Crippen molar-refractivity contribution in [3.8, 4) is 22.3 Å². The molecule has 5 heteroatoms. The van der Waals surface area contributed by atoms with Crippen molar-refractivity contribution in [2.24, 2.45) is 0 Å². The number of rotatable bonds is 4. The Morgan fingerprint density at radius 3 is 1.87 bits per heavy atom. The van der Waals surface area contributed by atoms with Crippen LogP contribution in [0.1, 0.15) is 20.8 Å². The predicted molar refractivity (Wildman–Crippen MR) is 115 cm³/mol. The highest BCUT2D eigenvalue weighted by Crippen LogP contribution is 2.29. The highest BCUT2D eigenvalue weighted by atomic mass is 16.5. The van der Waals surface area contributed by atoms with E-state index in [4.69, 9.17) is 9.47 Å². The average Bonchev–Trinajstić information content (AvgIpc) is 2.82. The van der Waals surface area contributed by atoms with Gasteiger partial charge in [0.25, 0.3) is 0 Å². The van der Waals surface area contributed by atoms with Crippen molar-refractivity contribution in [3.63, 3.8) is 0 Å². The topological polar surface area (TPSA) is 65.5 Å². The number of esters is 2. The van der Waals surface area contributed by atoms with E-state index >= 15 is 0 Å². The van der Waals surface area contributed by atoms with Gasteiger partial charge in [-0.25, -0.2) is 14.6 Å². The van der Waals surface area contributed by atoms with E-state index in [1.54, 1.807) is 6.07 Å². The predicted octanol–water partition coefficient (Wildman–Crippen LogP) is 5.14. The van der Waals surface area contributed by atoms with E-state index < -0.39 is 11.9 Å². The monoisotopic (exact) mass is 397 g/mol. The molecule has 0 amide bonds. The quantitative estimate of drug-likeness (QED) is 0.446. The lowest BCUT2D eigenvalue weighted by Crippen LogP contribution is -2.09. The van der Waals surface area contributed by atoms with E-state index in [1.807, 2.05) is 42.5 Å². The molecular weight excluding hydrogens is 378 g/mol. The number of methoxy groups -OCH3 is 2. The first kappa shape index (κ1) is 19.3. The van der Waals surface area contributed by atoms with Crippen LogP contribution in [0.2, 0.25) is 0 Å². The molecule has 1 heterocycles. The van der Waals surface area contributed by atoms with E-state index in [0.29, 0.717) is 10.9 Å². The molecule has 0 aliphatic carbocycles. The van der Waals surface area contributed by atoms with Crippen molar-refractivity contribution in [3.05, 3.63) is 90.1 Å². The van der Waals surface area contributed by atoms with Crippen LogP contribution in [0.3, 0.4) is 0 Å². The number of nitrogens with zero attached hydrogens (tertiary/aromatic N) is 1. The number of carbonyl (C=O) groups is 2. The Kier molecular flexibility index (Phi) is 5.26. The molecule has 30 heavy (non-hydrogen) atoms. The van der Waals surface area contributed by atoms with Crippen molar-refractivity contribution in [1.82, 2.24) is 4.98 Å². The molecule has 0 bridgehead atoms. The Balaban J connectivity index is 1.79. The Morgan fingerprint density at radius 2 is 1.23 bits per heavy atom. The van der Waals surface area contributed by atoms with Crippen LogP contribution in [0.25, 0.3) is 33.2 Å². The fourth-order valence-corrected chi connectivity index (χ4v) is 3.38. The Labute approximate surface area is 173 Å². The van der Waals surface area contributed by atoms with Crippen LogP contribution in [-0.2, 0) is 9.47 Å². The molecular formula is C25H19NO4. The largest absolute Gasteiger partial charge is 0.465 e. The molecule has 3 aromatic carbocycles. The van der Waals surface area contributed by atoms with E-state index in [-0.39, 0.29) is 11.3 Å². The molecule has 0 aliphatic rings. The van der Waals surface area contributed by atoms with Gasteiger partial charge in [-0.15, -0.1) is 0 Å². The number of hydrogen-bond donors (Lipinski definition) is 0. The van der Waals surface area contributed by atoms with Crippen LogP contribution in [0.5, 0.6) is 0 Å². The second-order valence-corrected chi connectivity index (χ2v) is 6.71. The zero-order valence-corrected chi connectivity index (χ0v) is 16.6. The van der Waals surface area contributed by atoms with Crippen LogP contribution in [0.4, 0.5) is 0 Å². The van der Waals surface area contributed by atoms with Gasteiger partial charge in [-0.3, -0.25) is 0 Å². The lowest BCUT2D eigenvalue weighted by molar-refractivity contribution is 0.0594. The van der Waals surface area contributed by atoms with Gasteiger partial charge < -0.3 is 9.47 Å². The summed E-state index contributed by atoms with van der Waals surface area (Å²) in [7, 11) is 2.58. The standard InChI is InChI=1S/C25H19NO4/c1-29-24(27)21-15-23(25(28)30-2)26-22-13-12-19(14-20(21)22)18-10-8-17(9-11-18)16-6-4-3-5-7-16/h3-15H,1-2H3. The summed E-state index contributed by atoms with van der Waals surface area (Å²) in [6.07, 6.45) is 0. The number of ether oxygens (including phenoxy) is 2. The van der Waals surface area contributed by atoms with Gasteiger partial charge in [0.05, 0.1) is 25.3 Å². The number of pyridine rings is 1. The van der Waals surface area contributed by atoms with Crippen LogP contribution in [0, 0.1) is 0 Å². The molecule has 0 N–H and O–H groups in total. The molecule has 0 radical (unpaired) electrons. The summed E-state index contributed by atoms with van der Waals surface area (Å²) < 4.78 is 9.64. The summed E-state index contributed by atoms with van der Waals surface area (Å²) in [4.78, 5) is 28.6. The SMILES string of the molecule is COC(=O)c1cc(C(=O)OC)c2cc(-c3ccc(-c4ccccc4)cc3)ccc2n1. The smallest absolute Gasteiger partial charge is 0.356 e. The maximum atomic E-state index is 12.3. The molecule has 0 saturated carbocycles. The summed E-state index contributed by atoms with van der Waals surface area (Å²) in [6.45, 7) is 0. The number of hydrogen-bond acceptors (Lipinski definition) is 5. The first-order valence-electron chi connectivity index (χ1n) is 9.38. The summed E-state index contributed by atoms with van der Waals surface area (Å²) in [5.74, 6) is -1.15. The van der Waals surface area contributed by atoms with Gasteiger partial charge >= 0.3 is 11.9 Å². The van der Waals surface area contributed by atoms with Crippen molar-refractivity contribution in [2.45, 2.75) is 0 Å². The first-order chi connectivity index (χ1) is 14.6. The number of benzene rings is 3. The fourth-order valence-electron chi connectivity index (χ4n) is 3.38. The zero-order valence-electron chi connectivity index (χ0n) is 16.6. The molecule has 0 spiro atoms. The Hall–Kier alpha value is -3.99. The van der Waals surface area contributed by atoms with Gasteiger partial charge in [-0.05, 0) is 40.5 Å². The molecule has 1 aromatic heterocycles. The first-order valence-corrected chi connectivity index (χ1v) is 9.38. The van der Waals surface area contributed by atoms with Crippen LogP contribution in [0.15, 0.2) is 78.9 Å². The Bertz CT molecular complexity index is 1230. The molecule has 4 aromatic rings. The van der Waals surface area contributed by atoms with E-state index in [1.165, 1.54) is 20.3 Å². The number of aromatic nitrogens is 1. The average molecular weight is 397 g/mol. The van der Waals surface area contributed by atoms with Crippen molar-refractivity contribution < 1.29 is 19.1 Å². The second-order valence-electron chi connectivity index (χ2n) is 6.71. The van der Waals surface area contributed by atoms with Gasteiger partial charge in [0.1, 0.15) is 5.69 Å². The molecule has 0 aliphatic heterocycles. The minimum Gasteiger partial charge on any atom is -0.465 e. The van der Waals surface area contributed by atoms with Gasteiger partial charge in [0.15, 0.2) is 0 Å². The molecule has 0 fully saturated rings. The van der Waals surface area contributed by atoms with Gasteiger partial charge in [0.2, 0.25) is 0 Å². The lowest BCUT2D eigenvalue weighted by atomic mass is 9.98. The van der Waals surface area contributed by atoms with Crippen molar-refractivity contribution >= 4 is 22.8 Å². The molecule has 148 valence electrons.